The second kappa shape index (κ2) is 6.20. The van der Waals surface area contributed by atoms with E-state index < -0.39 is 11.2 Å². The number of carbonyl (C=O) groups is 1. The fourth-order valence-electron chi connectivity index (χ4n) is 2.51. The van der Waals surface area contributed by atoms with Crippen molar-refractivity contribution >= 4 is 22.4 Å². The largest absolute Gasteiger partial charge is 0.468 e. The van der Waals surface area contributed by atoms with Gasteiger partial charge in [0.25, 0.3) is 5.95 Å². The zero-order chi connectivity index (χ0) is 17.3. The average molecular weight is 323 g/mol. The number of hydrogen-bond donors (Lipinski definition) is 0. The van der Waals surface area contributed by atoms with Gasteiger partial charge in [0.1, 0.15) is 5.58 Å². The number of methoxy groups -OCH3 is 1. The van der Waals surface area contributed by atoms with Crippen molar-refractivity contribution in [3.63, 3.8) is 0 Å². The molecule has 0 amide bonds. The SMILES string of the molecule is COc1oc2cc(N(C)C)ccc2c(=O)c1C(=O)c1ccccc1. The zero-order valence-electron chi connectivity index (χ0n) is 13.7. The van der Waals surface area contributed by atoms with Gasteiger partial charge in [-0.1, -0.05) is 30.3 Å². The second-order valence-electron chi connectivity index (χ2n) is 5.57. The van der Waals surface area contributed by atoms with Gasteiger partial charge in [-0.05, 0) is 12.1 Å². The van der Waals surface area contributed by atoms with Crippen LogP contribution in [0, 0.1) is 0 Å². The van der Waals surface area contributed by atoms with Gasteiger partial charge in [0, 0.05) is 31.4 Å². The molecule has 2 aromatic carbocycles. The number of fused-ring (bicyclic) bond motifs is 1. The van der Waals surface area contributed by atoms with Crippen LogP contribution >= 0.6 is 0 Å². The molecule has 0 fully saturated rings. The second-order valence-corrected chi connectivity index (χ2v) is 5.57. The Labute approximate surface area is 139 Å². The molecule has 3 aromatic rings. The first-order valence-corrected chi connectivity index (χ1v) is 7.45. The summed E-state index contributed by atoms with van der Waals surface area (Å²) >= 11 is 0. The van der Waals surface area contributed by atoms with Gasteiger partial charge < -0.3 is 14.1 Å². The third-order valence-electron chi connectivity index (χ3n) is 3.81. The summed E-state index contributed by atoms with van der Waals surface area (Å²) in [4.78, 5) is 27.4. The van der Waals surface area contributed by atoms with Crippen molar-refractivity contribution in [3.05, 3.63) is 69.9 Å². The van der Waals surface area contributed by atoms with Crippen LogP contribution in [0.5, 0.6) is 5.95 Å². The first-order chi connectivity index (χ1) is 11.5. The van der Waals surface area contributed by atoms with Crippen molar-refractivity contribution in [2.24, 2.45) is 0 Å². The molecule has 0 saturated heterocycles. The predicted molar refractivity (Wildman–Crippen MR) is 93.2 cm³/mol. The van der Waals surface area contributed by atoms with E-state index in [0.717, 1.165) is 5.69 Å². The van der Waals surface area contributed by atoms with E-state index in [0.29, 0.717) is 16.5 Å². The maximum absolute atomic E-state index is 12.8. The standard InChI is InChI=1S/C19H17NO4/c1-20(2)13-9-10-14-15(11-13)24-19(23-3)16(18(14)22)17(21)12-7-5-4-6-8-12/h4-11H,1-3H3. The van der Waals surface area contributed by atoms with Crippen LogP contribution in [-0.2, 0) is 0 Å². The van der Waals surface area contributed by atoms with Gasteiger partial charge >= 0.3 is 0 Å². The Morgan fingerprint density at radius 1 is 1.08 bits per heavy atom. The Balaban J connectivity index is 2.25. The van der Waals surface area contributed by atoms with Crippen LogP contribution in [0.25, 0.3) is 11.0 Å². The van der Waals surface area contributed by atoms with Crippen molar-refractivity contribution in [2.75, 3.05) is 26.1 Å². The molecule has 5 nitrogen and oxygen atoms in total. The quantitative estimate of drug-likeness (QED) is 0.691. The molecule has 0 radical (unpaired) electrons. The van der Waals surface area contributed by atoms with E-state index in [1.807, 2.05) is 25.1 Å². The number of hydrogen-bond acceptors (Lipinski definition) is 5. The monoisotopic (exact) mass is 323 g/mol. The molecule has 1 aromatic heterocycles. The van der Waals surface area contributed by atoms with E-state index in [1.165, 1.54) is 7.11 Å². The third-order valence-corrected chi connectivity index (χ3v) is 3.81. The van der Waals surface area contributed by atoms with Crippen LogP contribution < -0.4 is 15.1 Å². The van der Waals surface area contributed by atoms with Crippen molar-refractivity contribution in [1.82, 2.24) is 0 Å². The van der Waals surface area contributed by atoms with E-state index in [1.54, 1.807) is 42.5 Å². The van der Waals surface area contributed by atoms with Crippen LogP contribution in [0.3, 0.4) is 0 Å². The molecule has 0 aliphatic heterocycles. The lowest BCUT2D eigenvalue weighted by molar-refractivity contribution is 0.103. The van der Waals surface area contributed by atoms with E-state index in [-0.39, 0.29) is 11.5 Å². The topological polar surface area (TPSA) is 59.8 Å². The predicted octanol–water partition coefficient (Wildman–Crippen LogP) is 3.10. The molecule has 3 rings (SSSR count). The Morgan fingerprint density at radius 3 is 2.42 bits per heavy atom. The summed E-state index contributed by atoms with van der Waals surface area (Å²) in [6, 6.07) is 13.8. The van der Waals surface area contributed by atoms with E-state index in [4.69, 9.17) is 9.15 Å². The Kier molecular flexibility index (Phi) is 4.08. The molecule has 0 aliphatic rings. The fraction of sp³-hybridized carbons (Fsp3) is 0.158. The van der Waals surface area contributed by atoms with E-state index in [9.17, 15) is 9.59 Å². The highest BCUT2D eigenvalue weighted by Gasteiger charge is 2.23. The number of ether oxygens (including phenoxy) is 1. The Hall–Kier alpha value is -3.08. The molecular formula is C19H17NO4. The summed E-state index contributed by atoms with van der Waals surface area (Å²) in [5.74, 6) is -0.489. The maximum Gasteiger partial charge on any atom is 0.300 e. The lowest BCUT2D eigenvalue weighted by atomic mass is 10.0. The molecule has 5 heteroatoms. The molecule has 0 bridgehead atoms. The number of benzene rings is 2. The summed E-state index contributed by atoms with van der Waals surface area (Å²) in [5.41, 5.74) is 1.19. The summed E-state index contributed by atoms with van der Waals surface area (Å²) in [7, 11) is 5.16. The summed E-state index contributed by atoms with van der Waals surface area (Å²) < 4.78 is 10.9. The van der Waals surface area contributed by atoms with Gasteiger partial charge in [-0.2, -0.15) is 0 Å². The minimum atomic E-state index is -0.417. The lowest BCUT2D eigenvalue weighted by Gasteiger charge is -2.13. The van der Waals surface area contributed by atoms with Crippen LogP contribution in [0.1, 0.15) is 15.9 Å². The average Bonchev–Trinajstić information content (AvgIpc) is 2.61. The van der Waals surface area contributed by atoms with E-state index in [2.05, 4.69) is 0 Å². The normalized spacial score (nSPS) is 10.6. The van der Waals surface area contributed by atoms with Crippen molar-refractivity contribution in [1.29, 1.82) is 0 Å². The molecule has 1 heterocycles. The smallest absolute Gasteiger partial charge is 0.300 e. The third kappa shape index (κ3) is 2.65. The number of ketones is 1. The first-order valence-electron chi connectivity index (χ1n) is 7.45. The van der Waals surface area contributed by atoms with Crippen molar-refractivity contribution < 1.29 is 13.9 Å². The summed E-state index contributed by atoms with van der Waals surface area (Å²) in [6.45, 7) is 0. The highest BCUT2D eigenvalue weighted by molar-refractivity contribution is 6.11. The summed E-state index contributed by atoms with van der Waals surface area (Å²) in [6.07, 6.45) is 0. The van der Waals surface area contributed by atoms with Gasteiger partial charge in [-0.15, -0.1) is 0 Å². The number of carbonyl (C=O) groups excluding carboxylic acids is 1. The molecule has 0 atom stereocenters. The molecule has 0 aliphatic carbocycles. The van der Waals surface area contributed by atoms with Gasteiger partial charge in [0.15, 0.2) is 5.56 Å². The minimum absolute atomic E-state index is 0.0720. The van der Waals surface area contributed by atoms with Gasteiger partial charge in [-0.25, -0.2) is 0 Å². The summed E-state index contributed by atoms with van der Waals surface area (Å²) in [5, 5.41) is 0.348. The highest BCUT2D eigenvalue weighted by Crippen LogP contribution is 2.26. The first kappa shape index (κ1) is 15.8. The van der Waals surface area contributed by atoms with Gasteiger partial charge in [0.05, 0.1) is 12.5 Å². The van der Waals surface area contributed by atoms with Crippen LogP contribution in [0.2, 0.25) is 0 Å². The van der Waals surface area contributed by atoms with Crippen LogP contribution in [-0.4, -0.2) is 27.0 Å². The fourth-order valence-corrected chi connectivity index (χ4v) is 2.51. The number of anilines is 1. The minimum Gasteiger partial charge on any atom is -0.468 e. The molecule has 0 saturated carbocycles. The van der Waals surface area contributed by atoms with Crippen molar-refractivity contribution in [3.8, 4) is 5.95 Å². The van der Waals surface area contributed by atoms with Crippen LogP contribution in [0.4, 0.5) is 5.69 Å². The molecule has 0 spiro atoms. The van der Waals surface area contributed by atoms with Crippen LogP contribution in [0.15, 0.2) is 57.7 Å². The Bertz CT molecular complexity index is 958. The molecule has 0 unspecified atom stereocenters. The molecule has 24 heavy (non-hydrogen) atoms. The Morgan fingerprint density at radius 2 is 1.79 bits per heavy atom. The molecular weight excluding hydrogens is 306 g/mol. The number of rotatable bonds is 4. The van der Waals surface area contributed by atoms with Gasteiger partial charge in [0.2, 0.25) is 11.2 Å². The maximum atomic E-state index is 12.8. The molecule has 122 valence electrons. The highest BCUT2D eigenvalue weighted by atomic mass is 16.6. The van der Waals surface area contributed by atoms with E-state index >= 15 is 0 Å². The van der Waals surface area contributed by atoms with Crippen molar-refractivity contribution in [2.45, 2.75) is 0 Å². The lowest BCUT2D eigenvalue weighted by Crippen LogP contribution is -2.18. The number of nitrogens with zero attached hydrogens (tertiary/aromatic N) is 1. The molecule has 0 N–H and O–H groups in total. The van der Waals surface area contributed by atoms with Gasteiger partial charge in [-0.3, -0.25) is 9.59 Å². The zero-order valence-corrected chi connectivity index (χ0v) is 13.7.